The smallest absolute Gasteiger partial charge is 0.316 e. The monoisotopic (exact) mass is 284 g/mol. The van der Waals surface area contributed by atoms with E-state index in [1.54, 1.807) is 6.07 Å². The highest BCUT2D eigenvalue weighted by Gasteiger charge is 2.30. The zero-order valence-electron chi connectivity index (χ0n) is 9.87. The van der Waals surface area contributed by atoms with Gasteiger partial charge in [-0.1, -0.05) is 0 Å². The lowest BCUT2D eigenvalue weighted by Gasteiger charge is -2.09. The third kappa shape index (κ3) is 3.71. The second-order valence-corrected chi connectivity index (χ2v) is 6.33. The molecule has 0 radical (unpaired) electrons. The van der Waals surface area contributed by atoms with Crippen molar-refractivity contribution in [2.24, 2.45) is 0 Å². The van der Waals surface area contributed by atoms with Crippen molar-refractivity contribution in [3.05, 3.63) is 18.5 Å². The Bertz CT molecular complexity index is 587. The number of nitrogens with zero attached hydrogens (tertiary/aromatic N) is 2. The molecule has 1 saturated heterocycles. The van der Waals surface area contributed by atoms with Crippen LogP contribution in [0.3, 0.4) is 0 Å². The summed E-state index contributed by atoms with van der Waals surface area (Å²) in [5, 5.41) is 4.58. The summed E-state index contributed by atoms with van der Waals surface area (Å²) in [5.41, 5.74) is 0. The van der Waals surface area contributed by atoms with Gasteiger partial charge in [0, 0.05) is 18.4 Å². The Kier molecular flexibility index (Phi) is 3.74. The zero-order chi connectivity index (χ0) is 13.9. The quantitative estimate of drug-likeness (QED) is 0.653. The van der Waals surface area contributed by atoms with Gasteiger partial charge in [-0.3, -0.25) is 14.9 Å². The van der Waals surface area contributed by atoms with Gasteiger partial charge in [0.25, 0.3) is 0 Å². The molecular formula is C10H12N4O4S. The minimum Gasteiger partial charge on any atom is -0.344 e. The molecule has 2 N–H and O–H groups in total. The van der Waals surface area contributed by atoms with Crippen molar-refractivity contribution in [2.75, 3.05) is 16.8 Å². The summed E-state index contributed by atoms with van der Waals surface area (Å²) in [4.78, 5) is 30.5. The van der Waals surface area contributed by atoms with E-state index in [4.69, 9.17) is 0 Å². The normalized spacial score (nSPS) is 20.7. The molecular weight excluding hydrogens is 272 g/mol. The fourth-order valence-electron chi connectivity index (χ4n) is 1.68. The fourth-order valence-corrected chi connectivity index (χ4v) is 3.36. The lowest BCUT2D eigenvalue weighted by Crippen LogP contribution is -2.42. The highest BCUT2D eigenvalue weighted by molar-refractivity contribution is 7.91. The van der Waals surface area contributed by atoms with E-state index in [1.807, 2.05) is 0 Å². The predicted octanol–water partition coefficient (Wildman–Crippen LogP) is -1.28. The van der Waals surface area contributed by atoms with E-state index in [2.05, 4.69) is 20.6 Å². The van der Waals surface area contributed by atoms with E-state index in [0.29, 0.717) is 6.42 Å². The standard InChI is InChI=1S/C10H12N4O4S/c15-8(13-7-2-5-19(17,18)6-7)9(16)14-10-11-3-1-4-12-10/h1,3-4,7H,2,5-6H2,(H,13,15)(H,11,12,14,16). The molecule has 0 spiro atoms. The second-order valence-electron chi connectivity index (χ2n) is 4.10. The van der Waals surface area contributed by atoms with Crippen LogP contribution in [-0.2, 0) is 19.4 Å². The van der Waals surface area contributed by atoms with Crippen LogP contribution in [0.15, 0.2) is 18.5 Å². The summed E-state index contributed by atoms with van der Waals surface area (Å²) in [7, 11) is -3.10. The molecule has 102 valence electrons. The van der Waals surface area contributed by atoms with Crippen LogP contribution in [0.5, 0.6) is 0 Å². The Morgan fingerprint density at radius 3 is 2.47 bits per heavy atom. The number of aromatic nitrogens is 2. The largest absolute Gasteiger partial charge is 0.344 e. The maximum absolute atomic E-state index is 11.5. The molecule has 1 aliphatic rings. The van der Waals surface area contributed by atoms with Gasteiger partial charge in [-0.05, 0) is 12.5 Å². The van der Waals surface area contributed by atoms with Crippen LogP contribution in [-0.4, -0.2) is 47.7 Å². The third-order valence-corrected chi connectivity index (χ3v) is 4.33. The molecule has 1 aliphatic heterocycles. The molecule has 1 aromatic heterocycles. The van der Waals surface area contributed by atoms with Gasteiger partial charge >= 0.3 is 11.8 Å². The first-order valence-corrected chi connectivity index (χ1v) is 7.38. The number of nitrogens with one attached hydrogen (secondary N) is 2. The van der Waals surface area contributed by atoms with Crippen LogP contribution in [0.25, 0.3) is 0 Å². The first-order chi connectivity index (χ1) is 8.96. The molecule has 1 unspecified atom stereocenters. The average Bonchev–Trinajstić information content (AvgIpc) is 2.70. The summed E-state index contributed by atoms with van der Waals surface area (Å²) in [5.74, 6) is -1.90. The van der Waals surface area contributed by atoms with E-state index >= 15 is 0 Å². The summed E-state index contributed by atoms with van der Waals surface area (Å²) < 4.78 is 22.4. The van der Waals surface area contributed by atoms with Gasteiger partial charge in [0.1, 0.15) is 0 Å². The molecule has 1 fully saturated rings. The number of amides is 2. The van der Waals surface area contributed by atoms with Crippen LogP contribution in [0.2, 0.25) is 0 Å². The van der Waals surface area contributed by atoms with Gasteiger partial charge in [-0.15, -0.1) is 0 Å². The molecule has 0 aromatic carbocycles. The van der Waals surface area contributed by atoms with Gasteiger partial charge in [-0.2, -0.15) is 0 Å². The molecule has 8 nitrogen and oxygen atoms in total. The maximum Gasteiger partial charge on any atom is 0.316 e. The average molecular weight is 284 g/mol. The van der Waals surface area contributed by atoms with Gasteiger partial charge in [-0.25, -0.2) is 18.4 Å². The molecule has 0 bridgehead atoms. The zero-order valence-corrected chi connectivity index (χ0v) is 10.7. The van der Waals surface area contributed by atoms with Crippen molar-refractivity contribution in [3.63, 3.8) is 0 Å². The highest BCUT2D eigenvalue weighted by Crippen LogP contribution is 2.11. The van der Waals surface area contributed by atoms with Crippen molar-refractivity contribution < 1.29 is 18.0 Å². The molecule has 0 saturated carbocycles. The van der Waals surface area contributed by atoms with Gasteiger partial charge in [0.15, 0.2) is 9.84 Å². The molecule has 2 rings (SSSR count). The third-order valence-electron chi connectivity index (χ3n) is 2.56. The number of hydrogen-bond donors (Lipinski definition) is 2. The van der Waals surface area contributed by atoms with Crippen LogP contribution >= 0.6 is 0 Å². The topological polar surface area (TPSA) is 118 Å². The van der Waals surface area contributed by atoms with Crippen LogP contribution < -0.4 is 10.6 Å². The van der Waals surface area contributed by atoms with Gasteiger partial charge in [0.05, 0.1) is 11.5 Å². The molecule has 1 atom stereocenters. The molecule has 9 heteroatoms. The second kappa shape index (κ2) is 5.31. The number of hydrogen-bond acceptors (Lipinski definition) is 6. The van der Waals surface area contributed by atoms with E-state index in [9.17, 15) is 18.0 Å². The Labute approximate surface area is 109 Å². The number of carbonyl (C=O) groups excluding carboxylic acids is 2. The van der Waals surface area contributed by atoms with Crippen LogP contribution in [0.4, 0.5) is 5.95 Å². The van der Waals surface area contributed by atoms with E-state index in [1.165, 1.54) is 12.4 Å². The molecule has 0 aliphatic carbocycles. The van der Waals surface area contributed by atoms with E-state index in [0.717, 1.165) is 0 Å². The highest BCUT2D eigenvalue weighted by atomic mass is 32.2. The van der Waals surface area contributed by atoms with Gasteiger partial charge < -0.3 is 5.32 Å². The number of carbonyl (C=O) groups is 2. The summed E-state index contributed by atoms with van der Waals surface area (Å²) in [6.07, 6.45) is 3.16. The Morgan fingerprint density at radius 2 is 1.89 bits per heavy atom. The Balaban J connectivity index is 1.88. The summed E-state index contributed by atoms with van der Waals surface area (Å²) in [6.45, 7) is 0. The van der Waals surface area contributed by atoms with Crippen LogP contribution in [0.1, 0.15) is 6.42 Å². The molecule has 19 heavy (non-hydrogen) atoms. The van der Waals surface area contributed by atoms with Crippen molar-refractivity contribution >= 4 is 27.6 Å². The summed E-state index contributed by atoms with van der Waals surface area (Å²) >= 11 is 0. The maximum atomic E-state index is 11.5. The summed E-state index contributed by atoms with van der Waals surface area (Å²) in [6, 6.07) is 1.05. The first kappa shape index (κ1) is 13.4. The lowest BCUT2D eigenvalue weighted by atomic mass is 10.2. The lowest BCUT2D eigenvalue weighted by molar-refractivity contribution is -0.136. The number of anilines is 1. The van der Waals surface area contributed by atoms with Crippen molar-refractivity contribution in [2.45, 2.75) is 12.5 Å². The van der Waals surface area contributed by atoms with Crippen LogP contribution in [0, 0.1) is 0 Å². The Morgan fingerprint density at radius 1 is 1.21 bits per heavy atom. The molecule has 2 amide bonds. The first-order valence-electron chi connectivity index (χ1n) is 5.55. The van der Waals surface area contributed by atoms with Crippen molar-refractivity contribution in [3.8, 4) is 0 Å². The van der Waals surface area contributed by atoms with Crippen molar-refractivity contribution in [1.82, 2.24) is 15.3 Å². The minimum atomic E-state index is -3.10. The van der Waals surface area contributed by atoms with E-state index in [-0.39, 0.29) is 17.5 Å². The molecule has 2 heterocycles. The van der Waals surface area contributed by atoms with E-state index < -0.39 is 27.7 Å². The predicted molar refractivity (Wildman–Crippen MR) is 65.9 cm³/mol. The SMILES string of the molecule is O=C(Nc1ncccn1)C(=O)NC1CCS(=O)(=O)C1. The number of sulfone groups is 1. The fraction of sp³-hybridized carbons (Fsp3) is 0.400. The molecule has 1 aromatic rings. The Hall–Kier alpha value is -2.03. The minimum absolute atomic E-state index is 0.0155. The van der Waals surface area contributed by atoms with Crippen molar-refractivity contribution in [1.29, 1.82) is 0 Å². The number of rotatable bonds is 2. The van der Waals surface area contributed by atoms with Gasteiger partial charge in [0.2, 0.25) is 5.95 Å².